The monoisotopic (exact) mass is 332 g/mol. The van der Waals surface area contributed by atoms with Crippen LogP contribution in [0, 0.1) is 4.77 Å². The Hall–Kier alpha value is -2.61. The largest absolute Gasteiger partial charge is 0.497 e. The van der Waals surface area contributed by atoms with Crippen LogP contribution in [0.1, 0.15) is 23.6 Å². The predicted octanol–water partition coefficient (Wildman–Crippen LogP) is 1.60. The molecule has 23 heavy (non-hydrogen) atoms. The van der Waals surface area contributed by atoms with Gasteiger partial charge in [-0.1, -0.05) is 12.1 Å². The molecule has 0 unspecified atom stereocenters. The van der Waals surface area contributed by atoms with E-state index in [1.165, 1.54) is 4.57 Å². The number of nitrogens with one attached hydrogen (secondary N) is 2. The highest BCUT2D eigenvalue weighted by Gasteiger charge is 2.26. The zero-order valence-corrected chi connectivity index (χ0v) is 13.5. The maximum atomic E-state index is 12.1. The average molecular weight is 332 g/mol. The van der Waals surface area contributed by atoms with Crippen molar-refractivity contribution in [2.75, 3.05) is 7.11 Å². The topological polar surface area (TPSA) is 91.6 Å². The third kappa shape index (κ3) is 2.72. The molecule has 0 bridgehead atoms. The molecule has 0 aliphatic carbocycles. The number of hydrogen-bond donors (Lipinski definition) is 3. The summed E-state index contributed by atoms with van der Waals surface area (Å²) in [6, 6.07) is 7.54. The number of hydrogen-bond acceptors (Lipinski definition) is 6. The summed E-state index contributed by atoms with van der Waals surface area (Å²) in [6.07, 6.45) is 0.486. The summed E-state index contributed by atoms with van der Waals surface area (Å²) in [5.41, 5.74) is 4.21. The van der Waals surface area contributed by atoms with Gasteiger partial charge in [0.2, 0.25) is 5.88 Å². The highest BCUT2D eigenvalue weighted by atomic mass is 32.1. The van der Waals surface area contributed by atoms with Crippen molar-refractivity contribution < 1.29 is 9.84 Å². The van der Waals surface area contributed by atoms with Crippen molar-refractivity contribution in [2.24, 2.45) is 12.1 Å². The van der Waals surface area contributed by atoms with Crippen LogP contribution < -0.4 is 15.7 Å². The Morgan fingerprint density at radius 1 is 1.39 bits per heavy atom. The van der Waals surface area contributed by atoms with Gasteiger partial charge in [0.15, 0.2) is 4.77 Å². The molecule has 3 N–H and O–H groups in total. The van der Waals surface area contributed by atoms with E-state index in [2.05, 4.69) is 15.5 Å². The van der Waals surface area contributed by atoms with E-state index in [1.54, 1.807) is 14.2 Å². The van der Waals surface area contributed by atoms with E-state index < -0.39 is 5.56 Å². The Kier molecular flexibility index (Phi) is 3.91. The number of H-pyrrole nitrogens is 1. The summed E-state index contributed by atoms with van der Waals surface area (Å²) < 4.78 is 6.64. The zero-order chi connectivity index (χ0) is 16.6. The Bertz CT molecular complexity index is 883. The SMILES string of the molecule is COc1ccc([C@@H]2CC(c3c(O)n(C)c(=S)[nH]c3=O)=NN2)cc1. The lowest BCUT2D eigenvalue weighted by Crippen LogP contribution is -2.21. The molecule has 0 saturated heterocycles. The van der Waals surface area contributed by atoms with E-state index in [-0.39, 0.29) is 22.3 Å². The second-order valence-corrected chi connectivity index (χ2v) is 5.62. The van der Waals surface area contributed by atoms with Gasteiger partial charge in [-0.05, 0) is 29.9 Å². The van der Waals surface area contributed by atoms with Crippen LogP contribution >= 0.6 is 12.2 Å². The van der Waals surface area contributed by atoms with Crippen molar-refractivity contribution in [3.8, 4) is 11.6 Å². The first-order chi connectivity index (χ1) is 11.0. The van der Waals surface area contributed by atoms with Gasteiger partial charge in [0.05, 0.1) is 18.9 Å². The first-order valence-corrected chi connectivity index (χ1v) is 7.40. The van der Waals surface area contributed by atoms with Gasteiger partial charge in [0.1, 0.15) is 11.3 Å². The molecule has 2 heterocycles. The second kappa shape index (κ2) is 5.88. The summed E-state index contributed by atoms with van der Waals surface area (Å²) in [5, 5.41) is 14.4. The fraction of sp³-hybridized carbons (Fsp3) is 0.267. The average Bonchev–Trinajstić information content (AvgIpc) is 3.02. The molecule has 1 atom stereocenters. The zero-order valence-electron chi connectivity index (χ0n) is 12.7. The standard InChI is InChI=1S/C15H16N4O3S/c1-19-14(21)12(13(20)16-15(19)23)11-7-10(17-18-11)8-3-5-9(22-2)6-4-8/h3-6,10,17,21H,7H2,1-2H3,(H,16,20,23)/t10-/m0/s1. The van der Waals surface area contributed by atoms with Gasteiger partial charge in [-0.25, -0.2) is 0 Å². The molecule has 2 aromatic rings. The van der Waals surface area contributed by atoms with Crippen molar-refractivity contribution in [1.82, 2.24) is 15.0 Å². The number of aromatic hydroxyl groups is 1. The minimum absolute atomic E-state index is 0.0665. The first kappa shape index (κ1) is 15.3. The minimum atomic E-state index is -0.443. The van der Waals surface area contributed by atoms with Crippen LogP contribution in [0.15, 0.2) is 34.2 Å². The Labute approximate surface area is 137 Å². The van der Waals surface area contributed by atoms with Crippen LogP contribution in [0.5, 0.6) is 11.6 Å². The summed E-state index contributed by atoms with van der Waals surface area (Å²) >= 11 is 4.97. The van der Waals surface area contributed by atoms with Gasteiger partial charge in [-0.15, -0.1) is 0 Å². The van der Waals surface area contributed by atoms with Crippen molar-refractivity contribution in [3.63, 3.8) is 0 Å². The third-order valence-electron chi connectivity index (χ3n) is 3.85. The summed E-state index contributed by atoms with van der Waals surface area (Å²) in [6.45, 7) is 0. The molecular weight excluding hydrogens is 316 g/mol. The smallest absolute Gasteiger partial charge is 0.264 e. The number of hydrazone groups is 1. The van der Waals surface area contributed by atoms with Crippen LogP contribution in [0.25, 0.3) is 0 Å². The number of ether oxygens (including phenoxy) is 1. The second-order valence-electron chi connectivity index (χ2n) is 5.23. The Balaban J connectivity index is 1.89. The number of methoxy groups -OCH3 is 1. The molecular formula is C15H16N4O3S. The van der Waals surface area contributed by atoms with Crippen molar-refractivity contribution >= 4 is 17.9 Å². The van der Waals surface area contributed by atoms with Crippen LogP contribution in [0.3, 0.4) is 0 Å². The van der Waals surface area contributed by atoms with E-state index in [1.807, 2.05) is 24.3 Å². The van der Waals surface area contributed by atoms with Crippen molar-refractivity contribution in [1.29, 1.82) is 0 Å². The Morgan fingerprint density at radius 3 is 2.74 bits per heavy atom. The molecule has 3 rings (SSSR count). The van der Waals surface area contributed by atoms with Gasteiger partial charge >= 0.3 is 0 Å². The molecule has 0 spiro atoms. The van der Waals surface area contributed by atoms with Gasteiger partial charge in [0, 0.05) is 13.5 Å². The van der Waals surface area contributed by atoms with Crippen LogP contribution in [0.4, 0.5) is 0 Å². The first-order valence-electron chi connectivity index (χ1n) is 7.00. The number of nitrogens with zero attached hydrogens (tertiary/aromatic N) is 2. The number of benzene rings is 1. The molecule has 8 heteroatoms. The molecule has 1 aliphatic rings. The van der Waals surface area contributed by atoms with Gasteiger partial charge in [0.25, 0.3) is 5.56 Å². The molecule has 1 aliphatic heterocycles. The van der Waals surface area contributed by atoms with Crippen molar-refractivity contribution in [3.05, 3.63) is 50.5 Å². The maximum Gasteiger partial charge on any atom is 0.264 e. The fourth-order valence-corrected chi connectivity index (χ4v) is 2.68. The summed E-state index contributed by atoms with van der Waals surface area (Å²) in [5.74, 6) is 0.588. The summed E-state index contributed by atoms with van der Waals surface area (Å²) in [7, 11) is 3.20. The van der Waals surface area contributed by atoms with E-state index >= 15 is 0 Å². The van der Waals surface area contributed by atoms with E-state index in [0.29, 0.717) is 12.1 Å². The third-order valence-corrected chi connectivity index (χ3v) is 4.23. The molecule has 0 fully saturated rings. The van der Waals surface area contributed by atoms with Gasteiger partial charge in [-0.2, -0.15) is 5.10 Å². The van der Waals surface area contributed by atoms with Crippen LogP contribution in [-0.2, 0) is 7.05 Å². The lowest BCUT2D eigenvalue weighted by molar-refractivity contribution is 0.414. The fourth-order valence-electron chi connectivity index (χ4n) is 2.50. The molecule has 1 aromatic carbocycles. The molecule has 7 nitrogen and oxygen atoms in total. The van der Waals surface area contributed by atoms with Crippen LogP contribution in [0.2, 0.25) is 0 Å². The molecule has 0 saturated carbocycles. The minimum Gasteiger partial charge on any atom is -0.497 e. The molecule has 120 valence electrons. The maximum absolute atomic E-state index is 12.1. The molecule has 0 amide bonds. The van der Waals surface area contributed by atoms with E-state index in [0.717, 1.165) is 11.3 Å². The Morgan fingerprint density at radius 2 is 2.09 bits per heavy atom. The number of aromatic nitrogens is 2. The van der Waals surface area contributed by atoms with Gasteiger partial charge < -0.3 is 15.3 Å². The van der Waals surface area contributed by atoms with E-state index in [9.17, 15) is 9.90 Å². The molecule has 1 aromatic heterocycles. The predicted molar refractivity (Wildman–Crippen MR) is 88.6 cm³/mol. The number of rotatable bonds is 3. The highest BCUT2D eigenvalue weighted by molar-refractivity contribution is 7.71. The van der Waals surface area contributed by atoms with Gasteiger partial charge in [-0.3, -0.25) is 14.3 Å². The van der Waals surface area contributed by atoms with Crippen molar-refractivity contribution in [2.45, 2.75) is 12.5 Å². The quantitative estimate of drug-likeness (QED) is 0.743. The molecule has 0 radical (unpaired) electrons. The normalized spacial score (nSPS) is 16.8. The highest BCUT2D eigenvalue weighted by Crippen LogP contribution is 2.27. The van der Waals surface area contributed by atoms with E-state index in [4.69, 9.17) is 17.0 Å². The summed E-state index contributed by atoms with van der Waals surface area (Å²) in [4.78, 5) is 14.6. The lowest BCUT2D eigenvalue weighted by Gasteiger charge is -2.11. The van der Waals surface area contributed by atoms with Crippen LogP contribution in [-0.4, -0.2) is 27.5 Å². The lowest BCUT2D eigenvalue weighted by atomic mass is 10.00. The number of aromatic amines is 1.